The molecule has 17 heavy (non-hydrogen) atoms. The van der Waals surface area contributed by atoms with Gasteiger partial charge in [-0.25, -0.2) is 0 Å². The van der Waals surface area contributed by atoms with Crippen molar-refractivity contribution in [1.82, 2.24) is 4.90 Å². The highest BCUT2D eigenvalue weighted by Gasteiger charge is 2.63. The Kier molecular flexibility index (Phi) is 2.56. The predicted molar refractivity (Wildman–Crippen MR) is 60.9 cm³/mol. The van der Waals surface area contributed by atoms with Gasteiger partial charge >= 0.3 is 0 Å². The van der Waals surface area contributed by atoms with Crippen LogP contribution < -0.4 is 0 Å². The molecular weight excluding hydrogens is 224 g/mol. The van der Waals surface area contributed by atoms with Crippen LogP contribution in [0.1, 0.15) is 32.1 Å². The number of hydrogen-bond acceptors (Lipinski definition) is 2. The molecule has 0 amide bonds. The summed E-state index contributed by atoms with van der Waals surface area (Å²) in [6, 6.07) is 0. The summed E-state index contributed by atoms with van der Waals surface area (Å²) in [6.45, 7) is 1.48. The lowest BCUT2D eigenvalue weighted by atomic mass is 9.90. The Morgan fingerprint density at radius 2 is 2.06 bits per heavy atom. The maximum Gasteiger partial charge on any atom is 0.266 e. The Hall–Kier alpha value is -0.480. The molecule has 1 aliphatic carbocycles. The van der Waals surface area contributed by atoms with Gasteiger partial charge in [-0.1, -0.05) is 0 Å². The molecule has 1 saturated carbocycles. The van der Waals surface area contributed by atoms with Crippen molar-refractivity contribution >= 4 is 0 Å². The van der Waals surface area contributed by atoms with Crippen molar-refractivity contribution in [2.75, 3.05) is 20.3 Å². The minimum Gasteiger partial charge on any atom is -0.383 e. The summed E-state index contributed by atoms with van der Waals surface area (Å²) in [5.41, 5.74) is 0.399. The van der Waals surface area contributed by atoms with Crippen LogP contribution in [0.3, 0.4) is 0 Å². The fourth-order valence-electron chi connectivity index (χ4n) is 4.06. The van der Waals surface area contributed by atoms with E-state index in [2.05, 4.69) is 4.90 Å². The van der Waals surface area contributed by atoms with E-state index in [4.69, 9.17) is 4.74 Å². The Morgan fingerprint density at radius 1 is 1.35 bits per heavy atom. The van der Waals surface area contributed by atoms with Crippen molar-refractivity contribution in [3.8, 4) is 0 Å². The molecule has 0 aromatic carbocycles. The van der Waals surface area contributed by atoms with E-state index >= 15 is 0 Å². The van der Waals surface area contributed by atoms with E-state index in [0.717, 1.165) is 25.5 Å². The van der Waals surface area contributed by atoms with Gasteiger partial charge in [-0.05, 0) is 44.1 Å². The molecule has 0 unspecified atom stereocenters. The van der Waals surface area contributed by atoms with E-state index in [0.29, 0.717) is 12.1 Å². The average molecular weight is 243 g/mol. The molecule has 0 aromatic rings. The van der Waals surface area contributed by atoms with Crippen LogP contribution in [0.2, 0.25) is 0 Å². The zero-order valence-electron chi connectivity index (χ0n) is 10.2. The van der Waals surface area contributed by atoms with Gasteiger partial charge in [0, 0.05) is 24.7 Å². The van der Waals surface area contributed by atoms with Crippen LogP contribution in [0.5, 0.6) is 0 Å². The Balaban J connectivity index is 1.82. The van der Waals surface area contributed by atoms with E-state index in [1.807, 2.05) is 0 Å². The highest BCUT2D eigenvalue weighted by Crippen LogP contribution is 2.60. The molecule has 0 radical (unpaired) electrons. The fraction of sp³-hybridized carbons (Fsp3) is 0.846. The lowest BCUT2D eigenvalue weighted by Crippen LogP contribution is -2.46. The molecule has 2 saturated heterocycles. The number of fused-ring (bicyclic) bond motifs is 2. The van der Waals surface area contributed by atoms with Gasteiger partial charge in [-0.15, -0.1) is 0 Å². The van der Waals surface area contributed by atoms with Gasteiger partial charge in [0.1, 0.15) is 0 Å². The highest BCUT2D eigenvalue weighted by atomic mass is 19.3. The van der Waals surface area contributed by atoms with Gasteiger partial charge in [-0.2, -0.15) is 8.78 Å². The fourth-order valence-corrected chi connectivity index (χ4v) is 4.06. The molecule has 3 fully saturated rings. The second kappa shape index (κ2) is 3.75. The van der Waals surface area contributed by atoms with Gasteiger partial charge in [0.2, 0.25) is 0 Å². The molecule has 2 nitrogen and oxygen atoms in total. The van der Waals surface area contributed by atoms with Crippen molar-refractivity contribution in [2.24, 2.45) is 5.92 Å². The summed E-state index contributed by atoms with van der Waals surface area (Å²) in [5, 5.41) is 0. The molecule has 1 spiro atoms. The van der Waals surface area contributed by atoms with E-state index in [9.17, 15) is 8.78 Å². The predicted octanol–water partition coefficient (Wildman–Crippen LogP) is 2.80. The molecule has 0 aromatic heterocycles. The summed E-state index contributed by atoms with van der Waals surface area (Å²) in [6.07, 6.45) is 5.27. The molecule has 3 aliphatic rings. The monoisotopic (exact) mass is 243 g/mol. The zero-order chi connectivity index (χ0) is 12.1. The molecule has 2 heterocycles. The topological polar surface area (TPSA) is 12.5 Å². The number of rotatable bonds is 3. The van der Waals surface area contributed by atoms with Crippen molar-refractivity contribution < 1.29 is 13.5 Å². The van der Waals surface area contributed by atoms with Crippen LogP contribution in [-0.4, -0.2) is 36.2 Å². The quantitative estimate of drug-likeness (QED) is 0.755. The van der Waals surface area contributed by atoms with Gasteiger partial charge in [0.25, 0.3) is 6.08 Å². The van der Waals surface area contributed by atoms with E-state index < -0.39 is 6.08 Å². The lowest BCUT2D eigenvalue weighted by Gasteiger charge is -2.34. The smallest absolute Gasteiger partial charge is 0.266 e. The molecule has 0 bridgehead atoms. The number of nitrogens with zero attached hydrogens (tertiary/aromatic N) is 1. The Bertz CT molecular complexity index is 349. The van der Waals surface area contributed by atoms with Gasteiger partial charge in [0.05, 0.1) is 6.61 Å². The van der Waals surface area contributed by atoms with E-state index in [1.165, 1.54) is 19.3 Å². The van der Waals surface area contributed by atoms with E-state index in [-0.39, 0.29) is 11.5 Å². The van der Waals surface area contributed by atoms with Crippen LogP contribution in [0.25, 0.3) is 0 Å². The van der Waals surface area contributed by atoms with E-state index in [1.54, 1.807) is 7.11 Å². The van der Waals surface area contributed by atoms with Crippen LogP contribution in [-0.2, 0) is 4.74 Å². The maximum atomic E-state index is 12.4. The summed E-state index contributed by atoms with van der Waals surface area (Å²) < 4.78 is 30.1. The highest BCUT2D eigenvalue weighted by molar-refractivity contribution is 5.21. The Labute approximate surface area is 101 Å². The molecule has 96 valence electrons. The first kappa shape index (κ1) is 11.6. The van der Waals surface area contributed by atoms with Gasteiger partial charge in [0.15, 0.2) is 0 Å². The lowest BCUT2D eigenvalue weighted by molar-refractivity contribution is 0.0445. The maximum absolute atomic E-state index is 12.4. The van der Waals surface area contributed by atoms with Gasteiger partial charge < -0.3 is 4.74 Å². The number of halogens is 2. The standard InChI is InChI=1S/C13H19F2NO/c1-17-9-13-5-4-12(2-3-12)16(13)8-10(7-13)6-11(14)15/h6,10H,2-5,7-9H2,1H3/t10-,13+/m0/s1. The normalized spacial score (nSPS) is 38.4. The van der Waals surface area contributed by atoms with Crippen molar-refractivity contribution in [1.29, 1.82) is 0 Å². The third-order valence-corrected chi connectivity index (χ3v) is 4.86. The molecule has 2 atom stereocenters. The zero-order valence-corrected chi connectivity index (χ0v) is 10.2. The van der Waals surface area contributed by atoms with Crippen LogP contribution in [0, 0.1) is 5.92 Å². The SMILES string of the molecule is COC[C@]12CCC3(CC3)N1C[C@@H](C=C(F)F)C2. The molecule has 3 rings (SSSR count). The van der Waals surface area contributed by atoms with Crippen molar-refractivity contribution in [2.45, 2.75) is 43.2 Å². The van der Waals surface area contributed by atoms with Crippen LogP contribution in [0.4, 0.5) is 8.78 Å². The average Bonchev–Trinajstić information content (AvgIpc) is 2.88. The summed E-state index contributed by atoms with van der Waals surface area (Å²) >= 11 is 0. The largest absolute Gasteiger partial charge is 0.383 e. The summed E-state index contributed by atoms with van der Waals surface area (Å²) in [4.78, 5) is 2.49. The molecule has 2 aliphatic heterocycles. The van der Waals surface area contributed by atoms with Gasteiger partial charge in [-0.3, -0.25) is 4.90 Å². The molecule has 4 heteroatoms. The second-order valence-corrected chi connectivity index (χ2v) is 5.91. The third kappa shape index (κ3) is 1.73. The molecule has 0 N–H and O–H groups in total. The third-order valence-electron chi connectivity index (χ3n) is 4.86. The minimum atomic E-state index is -1.53. The summed E-state index contributed by atoms with van der Waals surface area (Å²) in [5.74, 6) is 0.00734. The van der Waals surface area contributed by atoms with Crippen molar-refractivity contribution in [3.05, 3.63) is 12.2 Å². The van der Waals surface area contributed by atoms with Crippen LogP contribution >= 0.6 is 0 Å². The minimum absolute atomic E-state index is 0.00734. The molecular formula is C13H19F2NO. The first-order valence-corrected chi connectivity index (χ1v) is 6.40. The first-order chi connectivity index (χ1) is 8.10. The number of methoxy groups -OCH3 is 1. The summed E-state index contributed by atoms with van der Waals surface area (Å²) in [7, 11) is 1.71. The van der Waals surface area contributed by atoms with Crippen LogP contribution in [0.15, 0.2) is 12.2 Å². The Morgan fingerprint density at radius 3 is 2.65 bits per heavy atom. The van der Waals surface area contributed by atoms with Crippen molar-refractivity contribution in [3.63, 3.8) is 0 Å². The first-order valence-electron chi connectivity index (χ1n) is 6.40. The second-order valence-electron chi connectivity index (χ2n) is 5.91. The number of hydrogen-bond donors (Lipinski definition) is 0. The number of ether oxygens (including phenoxy) is 1.